The molecule has 0 aliphatic heterocycles. The first-order valence-electron chi connectivity index (χ1n) is 9.07. The van der Waals surface area contributed by atoms with E-state index in [2.05, 4.69) is 10.2 Å². The zero-order valence-electron chi connectivity index (χ0n) is 15.7. The van der Waals surface area contributed by atoms with E-state index in [1.807, 2.05) is 43.3 Å². The van der Waals surface area contributed by atoms with Crippen molar-refractivity contribution in [3.63, 3.8) is 0 Å². The number of hydrogen-bond donors (Lipinski definition) is 2. The van der Waals surface area contributed by atoms with Crippen molar-refractivity contribution in [3.05, 3.63) is 89.1 Å². The number of rotatable bonds is 6. The smallest absolute Gasteiger partial charge is 0.173 e. The summed E-state index contributed by atoms with van der Waals surface area (Å²) in [5.74, 6) is 1.59. The van der Waals surface area contributed by atoms with Crippen molar-refractivity contribution in [2.24, 2.45) is 0 Å². The second-order valence-corrected chi connectivity index (χ2v) is 7.00. The molecule has 146 valence electrons. The average molecular weight is 407 g/mol. The lowest BCUT2D eigenvalue weighted by Gasteiger charge is -2.11. The van der Waals surface area contributed by atoms with Crippen molar-refractivity contribution >= 4 is 11.6 Å². The number of phenols is 1. The molecule has 1 aromatic heterocycles. The van der Waals surface area contributed by atoms with Gasteiger partial charge in [-0.25, -0.2) is 0 Å². The number of aromatic hydroxyl groups is 1. The first-order chi connectivity index (χ1) is 14.1. The highest BCUT2D eigenvalue weighted by Gasteiger charge is 2.15. The Bertz CT molecular complexity index is 1120. The second kappa shape index (κ2) is 8.29. The van der Waals surface area contributed by atoms with Crippen LogP contribution in [0.3, 0.4) is 0 Å². The van der Waals surface area contributed by atoms with E-state index in [0.717, 1.165) is 5.56 Å². The summed E-state index contributed by atoms with van der Waals surface area (Å²) in [5.41, 5.74) is 3.35. The largest absolute Gasteiger partial charge is 0.507 e. The predicted molar refractivity (Wildman–Crippen MR) is 113 cm³/mol. The number of aryl methyl sites for hydroxylation is 1. The minimum Gasteiger partial charge on any atom is -0.507 e. The summed E-state index contributed by atoms with van der Waals surface area (Å²) in [6.45, 7) is 2.46. The molecule has 0 spiro atoms. The maximum Gasteiger partial charge on any atom is 0.173 e. The standard InChI is InChI=1S/C23H19ClN2O3/c1-15-6-8-16(9-7-15)14-28-17-10-11-18(20(27)12-17)23-22(13-25-26-23)29-21-5-3-2-4-19(21)24/h2-13,27H,14H2,1H3,(H,25,26). The van der Waals surface area contributed by atoms with Crippen LogP contribution in [0.25, 0.3) is 11.3 Å². The first-order valence-corrected chi connectivity index (χ1v) is 9.45. The van der Waals surface area contributed by atoms with Gasteiger partial charge in [0.2, 0.25) is 0 Å². The molecule has 6 heteroatoms. The quantitative estimate of drug-likeness (QED) is 0.405. The third-order valence-electron chi connectivity index (χ3n) is 4.43. The Morgan fingerprint density at radius 2 is 1.79 bits per heavy atom. The number of aromatic nitrogens is 2. The SMILES string of the molecule is Cc1ccc(COc2ccc(-c3[nH]ncc3Oc3ccccc3Cl)c(O)c2)cc1. The summed E-state index contributed by atoms with van der Waals surface area (Å²) >= 11 is 6.16. The molecule has 0 fully saturated rings. The maximum atomic E-state index is 10.5. The maximum absolute atomic E-state index is 10.5. The van der Waals surface area contributed by atoms with Crippen LogP contribution in [0.2, 0.25) is 5.02 Å². The van der Waals surface area contributed by atoms with E-state index in [4.69, 9.17) is 21.1 Å². The first kappa shape index (κ1) is 18.9. The normalized spacial score (nSPS) is 10.7. The van der Waals surface area contributed by atoms with Crippen LogP contribution in [0, 0.1) is 6.92 Å². The number of hydrogen-bond acceptors (Lipinski definition) is 4. The Balaban J connectivity index is 1.52. The van der Waals surface area contributed by atoms with Gasteiger partial charge in [-0.1, -0.05) is 53.6 Å². The van der Waals surface area contributed by atoms with Crippen LogP contribution in [0.1, 0.15) is 11.1 Å². The minimum atomic E-state index is 0.0552. The van der Waals surface area contributed by atoms with E-state index in [1.165, 1.54) is 5.56 Å². The number of nitrogens with zero attached hydrogens (tertiary/aromatic N) is 1. The molecular weight excluding hydrogens is 388 g/mol. The molecule has 29 heavy (non-hydrogen) atoms. The van der Waals surface area contributed by atoms with Crippen LogP contribution < -0.4 is 9.47 Å². The molecule has 0 saturated carbocycles. The predicted octanol–water partition coefficient (Wildman–Crippen LogP) is 6.12. The van der Waals surface area contributed by atoms with Gasteiger partial charge >= 0.3 is 0 Å². The average Bonchev–Trinajstić information content (AvgIpc) is 3.17. The molecule has 0 aliphatic rings. The van der Waals surface area contributed by atoms with E-state index < -0.39 is 0 Å². The number of phenolic OH excluding ortho intramolecular Hbond substituents is 1. The number of H-pyrrole nitrogens is 1. The lowest BCUT2D eigenvalue weighted by atomic mass is 10.1. The van der Waals surface area contributed by atoms with Crippen LogP contribution in [0.15, 0.2) is 72.9 Å². The van der Waals surface area contributed by atoms with Gasteiger partial charge in [-0.05, 0) is 36.8 Å². The van der Waals surface area contributed by atoms with Crippen LogP contribution in [0.5, 0.6) is 23.0 Å². The summed E-state index contributed by atoms with van der Waals surface area (Å²) in [4.78, 5) is 0. The zero-order valence-corrected chi connectivity index (χ0v) is 16.5. The Kier molecular flexibility index (Phi) is 5.40. The molecule has 5 nitrogen and oxygen atoms in total. The molecule has 0 bridgehead atoms. The summed E-state index contributed by atoms with van der Waals surface area (Å²) in [6.07, 6.45) is 1.54. The van der Waals surface area contributed by atoms with Gasteiger partial charge in [0.15, 0.2) is 5.75 Å². The number of aromatic amines is 1. The molecule has 1 heterocycles. The third-order valence-corrected chi connectivity index (χ3v) is 4.74. The highest BCUT2D eigenvalue weighted by Crippen LogP contribution is 2.39. The van der Waals surface area contributed by atoms with Gasteiger partial charge in [0, 0.05) is 11.6 Å². The molecular formula is C23H19ClN2O3. The van der Waals surface area contributed by atoms with E-state index in [1.54, 1.807) is 36.5 Å². The fourth-order valence-electron chi connectivity index (χ4n) is 2.86. The summed E-state index contributed by atoms with van der Waals surface area (Å²) < 4.78 is 11.7. The van der Waals surface area contributed by atoms with Gasteiger partial charge < -0.3 is 14.6 Å². The summed E-state index contributed by atoms with van der Waals surface area (Å²) in [7, 11) is 0. The molecule has 0 radical (unpaired) electrons. The molecule has 0 aliphatic carbocycles. The van der Waals surface area contributed by atoms with Crippen LogP contribution in [-0.4, -0.2) is 15.3 Å². The number of para-hydroxylation sites is 1. The van der Waals surface area contributed by atoms with Crippen molar-refractivity contribution in [2.75, 3.05) is 0 Å². The molecule has 2 N–H and O–H groups in total. The number of halogens is 1. The third kappa shape index (κ3) is 4.36. The minimum absolute atomic E-state index is 0.0552. The number of ether oxygens (including phenoxy) is 2. The zero-order chi connectivity index (χ0) is 20.2. The van der Waals surface area contributed by atoms with Gasteiger partial charge in [-0.3, -0.25) is 5.10 Å². The van der Waals surface area contributed by atoms with Crippen LogP contribution in [-0.2, 0) is 6.61 Å². The van der Waals surface area contributed by atoms with Crippen molar-refractivity contribution in [1.82, 2.24) is 10.2 Å². The van der Waals surface area contributed by atoms with Crippen LogP contribution in [0.4, 0.5) is 0 Å². The summed E-state index contributed by atoms with van der Waals surface area (Å²) in [5, 5.41) is 17.9. The van der Waals surface area contributed by atoms with Crippen molar-refractivity contribution in [1.29, 1.82) is 0 Å². The highest BCUT2D eigenvalue weighted by molar-refractivity contribution is 6.32. The van der Waals surface area contributed by atoms with Crippen LogP contribution >= 0.6 is 11.6 Å². The van der Waals surface area contributed by atoms with Crippen molar-refractivity contribution in [2.45, 2.75) is 13.5 Å². The number of nitrogens with one attached hydrogen (secondary N) is 1. The number of benzene rings is 3. The fraction of sp³-hybridized carbons (Fsp3) is 0.0870. The monoisotopic (exact) mass is 406 g/mol. The summed E-state index contributed by atoms with van der Waals surface area (Å²) in [6, 6.07) is 20.4. The van der Waals surface area contributed by atoms with E-state index in [9.17, 15) is 5.11 Å². The second-order valence-electron chi connectivity index (χ2n) is 6.59. The molecule has 4 rings (SSSR count). The Morgan fingerprint density at radius 1 is 1.00 bits per heavy atom. The molecule has 0 saturated heterocycles. The van der Waals surface area contributed by atoms with Gasteiger partial charge in [0.1, 0.15) is 29.5 Å². The lowest BCUT2D eigenvalue weighted by molar-refractivity contribution is 0.304. The van der Waals surface area contributed by atoms with Gasteiger partial charge in [-0.2, -0.15) is 5.10 Å². The Labute approximate surface area is 173 Å². The van der Waals surface area contributed by atoms with Crippen molar-refractivity contribution in [3.8, 4) is 34.3 Å². The molecule has 4 aromatic rings. The van der Waals surface area contributed by atoms with Gasteiger partial charge in [0.25, 0.3) is 0 Å². The van der Waals surface area contributed by atoms with E-state index in [0.29, 0.717) is 40.1 Å². The molecule has 0 unspecified atom stereocenters. The van der Waals surface area contributed by atoms with Gasteiger partial charge in [-0.15, -0.1) is 0 Å². The highest BCUT2D eigenvalue weighted by atomic mass is 35.5. The molecule has 3 aromatic carbocycles. The molecule has 0 amide bonds. The topological polar surface area (TPSA) is 67.4 Å². The fourth-order valence-corrected chi connectivity index (χ4v) is 3.03. The Morgan fingerprint density at radius 3 is 2.55 bits per heavy atom. The van der Waals surface area contributed by atoms with Gasteiger partial charge in [0.05, 0.1) is 11.2 Å². The molecule has 0 atom stereocenters. The van der Waals surface area contributed by atoms with E-state index in [-0.39, 0.29) is 5.75 Å². The Hall–Kier alpha value is -3.44. The van der Waals surface area contributed by atoms with Crippen molar-refractivity contribution < 1.29 is 14.6 Å². The van der Waals surface area contributed by atoms with E-state index >= 15 is 0 Å². The lowest BCUT2D eigenvalue weighted by Crippen LogP contribution is -1.95.